The highest BCUT2D eigenvalue weighted by Gasteiger charge is 2.49. The van der Waals surface area contributed by atoms with Crippen LogP contribution in [0.1, 0.15) is 34.9 Å². The van der Waals surface area contributed by atoms with Crippen molar-refractivity contribution in [3.63, 3.8) is 0 Å². The molecule has 9 nitrogen and oxygen atoms in total. The first-order valence-electron chi connectivity index (χ1n) is 14.4. The lowest BCUT2D eigenvalue weighted by molar-refractivity contribution is -0.210. The molecular weight excluding hydrogens is 668 g/mol. The smallest absolute Gasteiger partial charge is 0.394 e. The topological polar surface area (TPSA) is 118 Å². The molecule has 0 bridgehead atoms. The Morgan fingerprint density at radius 1 is 0.917 bits per heavy atom. The molecular formula is C32H26ClF6N5O4. The predicted octanol–water partition coefficient (Wildman–Crippen LogP) is 5.90. The van der Waals surface area contributed by atoms with Crippen molar-refractivity contribution in [2.24, 2.45) is 0 Å². The predicted molar refractivity (Wildman–Crippen MR) is 160 cm³/mol. The Balaban J connectivity index is 1.52. The molecule has 5 aromatic rings. The second kappa shape index (κ2) is 12.6. The van der Waals surface area contributed by atoms with Crippen molar-refractivity contribution in [3.8, 4) is 28.1 Å². The third-order valence-corrected chi connectivity index (χ3v) is 8.35. The molecule has 3 aromatic carbocycles. The molecule has 0 saturated carbocycles. The van der Waals surface area contributed by atoms with Crippen LogP contribution in [0.2, 0.25) is 5.02 Å². The second-order valence-electron chi connectivity index (χ2n) is 11.3. The SMILES string of the molecule is Cc1nc([C@@H]2OC(CO)[C@H](O)C(n3cc(-c4cc(F)c(F)c(F)c4)c(-c4ccccc4C)n3)[C@@H]2O)n(-c2cc(Cl)ccc2C(F)(F)F)n1. The number of halogens is 7. The summed E-state index contributed by atoms with van der Waals surface area (Å²) < 4.78 is 92.7. The van der Waals surface area contributed by atoms with Crippen molar-refractivity contribution in [1.29, 1.82) is 0 Å². The van der Waals surface area contributed by atoms with E-state index in [1.54, 1.807) is 31.2 Å². The third kappa shape index (κ3) is 5.96. The van der Waals surface area contributed by atoms with Gasteiger partial charge in [0.05, 0.1) is 17.9 Å². The fourth-order valence-corrected chi connectivity index (χ4v) is 6.01. The highest BCUT2D eigenvalue weighted by molar-refractivity contribution is 6.30. The van der Waals surface area contributed by atoms with Crippen LogP contribution in [0.15, 0.2) is 60.8 Å². The van der Waals surface area contributed by atoms with E-state index in [4.69, 9.17) is 16.3 Å². The summed E-state index contributed by atoms with van der Waals surface area (Å²) in [7, 11) is 0. The molecule has 2 aromatic heterocycles. The fourth-order valence-electron chi connectivity index (χ4n) is 5.84. The van der Waals surface area contributed by atoms with E-state index in [-0.39, 0.29) is 33.5 Å². The summed E-state index contributed by atoms with van der Waals surface area (Å²) in [6, 6.07) is 9.76. The molecule has 0 aliphatic carbocycles. The van der Waals surface area contributed by atoms with Gasteiger partial charge in [0.2, 0.25) is 0 Å². The Morgan fingerprint density at radius 3 is 2.25 bits per heavy atom. The Morgan fingerprint density at radius 2 is 1.60 bits per heavy atom. The Hall–Kier alpha value is -4.28. The number of benzene rings is 3. The number of hydrogen-bond acceptors (Lipinski definition) is 7. The summed E-state index contributed by atoms with van der Waals surface area (Å²) in [4.78, 5) is 4.24. The summed E-state index contributed by atoms with van der Waals surface area (Å²) in [6.07, 6.45) is -10.1. The van der Waals surface area contributed by atoms with E-state index in [9.17, 15) is 41.7 Å². The van der Waals surface area contributed by atoms with Gasteiger partial charge in [0.1, 0.15) is 42.0 Å². The fraction of sp³-hybridized carbons (Fsp3) is 0.281. The summed E-state index contributed by atoms with van der Waals surface area (Å²) in [6.45, 7) is 2.35. The van der Waals surface area contributed by atoms with Crippen molar-refractivity contribution >= 4 is 11.6 Å². The summed E-state index contributed by atoms with van der Waals surface area (Å²) in [5, 5.41) is 41.9. The van der Waals surface area contributed by atoms with E-state index in [1.807, 2.05) is 0 Å². The Bertz CT molecular complexity index is 1980. The van der Waals surface area contributed by atoms with Crippen molar-refractivity contribution in [3.05, 3.63) is 106 Å². The van der Waals surface area contributed by atoms with Crippen LogP contribution in [-0.4, -0.2) is 64.8 Å². The lowest BCUT2D eigenvalue weighted by atomic mass is 9.92. The molecule has 1 fully saturated rings. The van der Waals surface area contributed by atoms with Crippen LogP contribution in [0.25, 0.3) is 28.1 Å². The standard InChI is InChI=1S/C32H26ClF6N5O4/c1-14-5-3-4-6-18(14)26-19(16-9-21(34)25(36)22(35)10-16)12-43(42-26)27-28(46)24(13-45)48-30(29(27)47)31-40-15(2)41-44(31)23-11-17(33)7-8-20(23)32(37,38)39/h3-12,24,27-30,45-47H,13H2,1-2H3/t24?,27?,28-,29-,30+/m0/s1. The molecule has 1 saturated heterocycles. The highest BCUT2D eigenvalue weighted by Crippen LogP contribution is 2.42. The van der Waals surface area contributed by atoms with Gasteiger partial charge in [0.25, 0.3) is 0 Å². The highest BCUT2D eigenvalue weighted by atomic mass is 35.5. The maximum atomic E-state index is 14.4. The minimum Gasteiger partial charge on any atom is -0.394 e. The maximum absolute atomic E-state index is 14.4. The molecule has 3 heterocycles. The number of aliphatic hydroxyl groups is 3. The number of alkyl halides is 3. The average Bonchev–Trinajstić information content (AvgIpc) is 3.63. The molecule has 2 unspecified atom stereocenters. The zero-order valence-electron chi connectivity index (χ0n) is 25.0. The molecule has 0 amide bonds. The molecule has 5 atom stereocenters. The van der Waals surface area contributed by atoms with E-state index in [1.165, 1.54) is 13.1 Å². The molecule has 0 spiro atoms. The Labute approximate surface area is 273 Å². The minimum absolute atomic E-state index is 0.000646. The van der Waals surface area contributed by atoms with Gasteiger partial charge in [-0.05, 0) is 55.3 Å². The summed E-state index contributed by atoms with van der Waals surface area (Å²) >= 11 is 6.06. The van der Waals surface area contributed by atoms with Gasteiger partial charge in [0, 0.05) is 22.3 Å². The number of ether oxygens (including phenoxy) is 1. The van der Waals surface area contributed by atoms with Crippen LogP contribution in [0.5, 0.6) is 0 Å². The van der Waals surface area contributed by atoms with Crippen LogP contribution in [0.4, 0.5) is 26.3 Å². The molecule has 1 aliphatic heterocycles. The van der Waals surface area contributed by atoms with Crippen molar-refractivity contribution in [2.75, 3.05) is 6.61 Å². The van der Waals surface area contributed by atoms with Gasteiger partial charge in [-0.2, -0.15) is 23.4 Å². The molecule has 48 heavy (non-hydrogen) atoms. The summed E-state index contributed by atoms with van der Waals surface area (Å²) in [5.41, 5.74) is -0.314. The zero-order valence-corrected chi connectivity index (χ0v) is 25.8. The van der Waals surface area contributed by atoms with Crippen LogP contribution < -0.4 is 0 Å². The first-order valence-corrected chi connectivity index (χ1v) is 14.8. The van der Waals surface area contributed by atoms with Gasteiger partial charge in [-0.1, -0.05) is 35.9 Å². The van der Waals surface area contributed by atoms with Gasteiger partial charge in [-0.25, -0.2) is 22.8 Å². The van der Waals surface area contributed by atoms with Crippen LogP contribution in [0.3, 0.4) is 0 Å². The minimum atomic E-state index is -4.84. The van der Waals surface area contributed by atoms with Crippen molar-refractivity contribution < 1.29 is 46.4 Å². The van der Waals surface area contributed by atoms with Crippen molar-refractivity contribution in [2.45, 2.75) is 50.5 Å². The molecule has 0 radical (unpaired) electrons. The lowest BCUT2D eigenvalue weighted by Gasteiger charge is -2.42. The van der Waals surface area contributed by atoms with E-state index < -0.39 is 71.9 Å². The van der Waals surface area contributed by atoms with Gasteiger partial charge < -0.3 is 20.1 Å². The largest absolute Gasteiger partial charge is 0.418 e. The first-order chi connectivity index (χ1) is 22.7. The summed E-state index contributed by atoms with van der Waals surface area (Å²) in [5.74, 6) is -4.92. The van der Waals surface area contributed by atoms with Crippen molar-refractivity contribution in [1.82, 2.24) is 24.5 Å². The normalized spacial score (nSPS) is 21.5. The monoisotopic (exact) mass is 693 g/mol. The maximum Gasteiger partial charge on any atom is 0.418 e. The quantitative estimate of drug-likeness (QED) is 0.150. The molecule has 3 N–H and O–H groups in total. The van der Waals surface area contributed by atoms with Crippen LogP contribution >= 0.6 is 11.6 Å². The zero-order chi connectivity index (χ0) is 34.7. The first kappa shape index (κ1) is 33.6. The molecule has 16 heteroatoms. The number of aliphatic hydroxyl groups excluding tert-OH is 3. The van der Waals surface area contributed by atoms with E-state index in [0.29, 0.717) is 11.1 Å². The van der Waals surface area contributed by atoms with Gasteiger partial charge in [-0.15, -0.1) is 0 Å². The van der Waals surface area contributed by atoms with E-state index >= 15 is 0 Å². The lowest BCUT2D eigenvalue weighted by Crippen LogP contribution is -2.53. The number of nitrogens with zero attached hydrogens (tertiary/aromatic N) is 5. The number of aromatic nitrogens is 5. The molecule has 252 valence electrons. The molecule has 1 aliphatic rings. The van der Waals surface area contributed by atoms with Crippen LogP contribution in [-0.2, 0) is 10.9 Å². The average molecular weight is 694 g/mol. The van der Waals surface area contributed by atoms with Gasteiger partial charge in [-0.3, -0.25) is 4.68 Å². The molecule has 6 rings (SSSR count). The second-order valence-corrected chi connectivity index (χ2v) is 11.7. The Kier molecular flexibility index (Phi) is 8.85. The van der Waals surface area contributed by atoms with E-state index in [2.05, 4.69) is 15.2 Å². The van der Waals surface area contributed by atoms with Gasteiger partial charge in [0.15, 0.2) is 23.3 Å². The van der Waals surface area contributed by atoms with E-state index in [0.717, 1.165) is 39.7 Å². The van der Waals surface area contributed by atoms with Gasteiger partial charge >= 0.3 is 6.18 Å². The number of rotatable bonds is 6. The number of hydrogen-bond donors (Lipinski definition) is 3. The number of aryl methyl sites for hydroxylation is 2. The van der Waals surface area contributed by atoms with Crippen LogP contribution in [0, 0.1) is 31.3 Å². The third-order valence-electron chi connectivity index (χ3n) is 8.11.